The Balaban J connectivity index is 2.99. The van der Waals surface area contributed by atoms with Gasteiger partial charge in [-0.2, -0.15) is 0 Å². The van der Waals surface area contributed by atoms with E-state index in [9.17, 15) is 15.0 Å². The molecule has 0 aromatic heterocycles. The van der Waals surface area contributed by atoms with E-state index in [-0.39, 0.29) is 17.3 Å². The van der Waals surface area contributed by atoms with E-state index >= 15 is 0 Å². The number of phenolic OH excluding ortho intramolecular Hbond substituents is 2. The van der Waals surface area contributed by atoms with E-state index in [4.69, 9.17) is 0 Å². The number of carbonyl (C=O) groups excluding carboxylic acids is 1. The molecule has 0 unspecified atom stereocenters. The number of hydrogen-bond donors (Lipinski definition) is 2. The highest BCUT2D eigenvalue weighted by Gasteiger charge is 2.13. The third kappa shape index (κ3) is 2.75. The largest absolute Gasteiger partial charge is 0.508 e. The minimum absolute atomic E-state index is 0.0482. The molecule has 3 nitrogen and oxygen atoms in total. The Bertz CT molecular complexity index is 383. The minimum Gasteiger partial charge on any atom is -0.508 e. The Hall–Kier alpha value is -1.51. The molecule has 0 aliphatic heterocycles. The number of hydrogen-bond acceptors (Lipinski definition) is 3. The second-order valence-corrected chi connectivity index (χ2v) is 3.88. The summed E-state index contributed by atoms with van der Waals surface area (Å²) >= 11 is 0. The summed E-state index contributed by atoms with van der Waals surface area (Å²) in [4.78, 5) is 11.8. The smallest absolute Gasteiger partial charge is 0.166 e. The Morgan fingerprint density at radius 3 is 2.44 bits per heavy atom. The van der Waals surface area contributed by atoms with Gasteiger partial charge in [-0.1, -0.05) is 20.3 Å². The molecule has 3 heteroatoms. The van der Waals surface area contributed by atoms with Crippen LogP contribution in [0.2, 0.25) is 0 Å². The van der Waals surface area contributed by atoms with Gasteiger partial charge in [0, 0.05) is 12.5 Å². The normalized spacial score (nSPS) is 10.4. The highest BCUT2D eigenvalue weighted by Crippen LogP contribution is 2.28. The SMILES string of the molecule is CCCCC(=O)c1cc(CC)c(O)cc1O. The molecule has 0 radical (unpaired) electrons. The topological polar surface area (TPSA) is 57.5 Å². The third-order valence-corrected chi connectivity index (χ3v) is 2.64. The molecule has 88 valence electrons. The first-order chi connectivity index (χ1) is 7.60. The molecule has 0 fully saturated rings. The zero-order valence-electron chi connectivity index (χ0n) is 9.79. The van der Waals surface area contributed by atoms with Crippen molar-refractivity contribution in [1.82, 2.24) is 0 Å². The van der Waals surface area contributed by atoms with E-state index < -0.39 is 0 Å². The van der Waals surface area contributed by atoms with E-state index in [1.807, 2.05) is 13.8 Å². The van der Waals surface area contributed by atoms with Crippen LogP contribution in [0.5, 0.6) is 11.5 Å². The lowest BCUT2D eigenvalue weighted by Crippen LogP contribution is -2.00. The van der Waals surface area contributed by atoms with Gasteiger partial charge in [-0.25, -0.2) is 0 Å². The van der Waals surface area contributed by atoms with Crippen LogP contribution in [-0.4, -0.2) is 16.0 Å². The third-order valence-electron chi connectivity index (χ3n) is 2.64. The summed E-state index contributed by atoms with van der Waals surface area (Å²) in [5.74, 6) is -0.142. The molecule has 0 saturated carbocycles. The number of unbranched alkanes of at least 4 members (excludes halogenated alkanes) is 1. The first-order valence-electron chi connectivity index (χ1n) is 5.68. The predicted molar refractivity (Wildman–Crippen MR) is 63.0 cm³/mol. The zero-order valence-corrected chi connectivity index (χ0v) is 9.79. The van der Waals surface area contributed by atoms with Gasteiger partial charge in [0.25, 0.3) is 0 Å². The van der Waals surface area contributed by atoms with Crippen molar-refractivity contribution in [3.8, 4) is 11.5 Å². The number of benzene rings is 1. The molecule has 0 aliphatic carbocycles. The van der Waals surface area contributed by atoms with Crippen molar-refractivity contribution < 1.29 is 15.0 Å². The number of aryl methyl sites for hydroxylation is 1. The van der Waals surface area contributed by atoms with Crippen LogP contribution >= 0.6 is 0 Å². The monoisotopic (exact) mass is 222 g/mol. The molecule has 2 N–H and O–H groups in total. The number of Topliss-reactive ketones (excluding diaryl/α,β-unsaturated/α-hetero) is 1. The summed E-state index contributed by atoms with van der Waals surface area (Å²) in [6.07, 6.45) is 2.85. The van der Waals surface area contributed by atoms with E-state index in [1.54, 1.807) is 6.07 Å². The van der Waals surface area contributed by atoms with Crippen molar-refractivity contribution in [3.63, 3.8) is 0 Å². The molecule has 1 aromatic carbocycles. The van der Waals surface area contributed by atoms with Gasteiger partial charge in [0.1, 0.15) is 11.5 Å². The Morgan fingerprint density at radius 2 is 1.88 bits per heavy atom. The van der Waals surface area contributed by atoms with Crippen molar-refractivity contribution in [2.45, 2.75) is 39.5 Å². The number of phenols is 2. The van der Waals surface area contributed by atoms with Gasteiger partial charge in [0.15, 0.2) is 5.78 Å². The number of aromatic hydroxyl groups is 2. The first-order valence-corrected chi connectivity index (χ1v) is 5.68. The second kappa shape index (κ2) is 5.54. The molecule has 0 saturated heterocycles. The standard InChI is InChI=1S/C13H18O3/c1-3-5-6-11(14)10-7-9(4-2)12(15)8-13(10)16/h7-8,15-16H,3-6H2,1-2H3. The number of ketones is 1. The molecule has 0 bridgehead atoms. The van der Waals surface area contributed by atoms with E-state index in [0.29, 0.717) is 24.0 Å². The molecular weight excluding hydrogens is 204 g/mol. The summed E-state index contributed by atoms with van der Waals surface area (Å²) in [6, 6.07) is 2.83. The molecule has 1 aromatic rings. The summed E-state index contributed by atoms with van der Waals surface area (Å²) in [6.45, 7) is 3.91. The maximum Gasteiger partial charge on any atom is 0.166 e. The van der Waals surface area contributed by atoms with Crippen LogP contribution in [0.15, 0.2) is 12.1 Å². The van der Waals surface area contributed by atoms with Crippen molar-refractivity contribution in [2.75, 3.05) is 0 Å². The molecule has 16 heavy (non-hydrogen) atoms. The van der Waals surface area contributed by atoms with E-state index in [1.165, 1.54) is 6.07 Å². The Kier molecular flexibility index (Phi) is 4.35. The lowest BCUT2D eigenvalue weighted by molar-refractivity contribution is 0.0977. The van der Waals surface area contributed by atoms with Crippen LogP contribution in [-0.2, 0) is 6.42 Å². The van der Waals surface area contributed by atoms with Crippen LogP contribution in [0.4, 0.5) is 0 Å². The zero-order chi connectivity index (χ0) is 12.1. The quantitative estimate of drug-likeness (QED) is 0.753. The van der Waals surface area contributed by atoms with Gasteiger partial charge in [-0.05, 0) is 24.5 Å². The van der Waals surface area contributed by atoms with Crippen LogP contribution in [0, 0.1) is 0 Å². The van der Waals surface area contributed by atoms with Crippen LogP contribution < -0.4 is 0 Å². The van der Waals surface area contributed by atoms with Gasteiger partial charge >= 0.3 is 0 Å². The minimum atomic E-state index is -0.129. The molecule has 0 amide bonds. The molecule has 0 atom stereocenters. The van der Waals surface area contributed by atoms with Crippen LogP contribution in [0.25, 0.3) is 0 Å². The fourth-order valence-corrected chi connectivity index (χ4v) is 1.60. The van der Waals surface area contributed by atoms with Gasteiger partial charge in [0.2, 0.25) is 0 Å². The van der Waals surface area contributed by atoms with Crippen LogP contribution in [0.1, 0.15) is 49.0 Å². The number of carbonyl (C=O) groups is 1. The molecule has 0 heterocycles. The van der Waals surface area contributed by atoms with Crippen molar-refractivity contribution in [3.05, 3.63) is 23.3 Å². The van der Waals surface area contributed by atoms with E-state index in [2.05, 4.69) is 0 Å². The summed E-state index contributed by atoms with van der Waals surface area (Å²) < 4.78 is 0. The summed E-state index contributed by atoms with van der Waals surface area (Å²) in [5, 5.41) is 19.1. The fraction of sp³-hybridized carbons (Fsp3) is 0.462. The fourth-order valence-electron chi connectivity index (χ4n) is 1.60. The maximum atomic E-state index is 11.8. The average molecular weight is 222 g/mol. The lowest BCUT2D eigenvalue weighted by Gasteiger charge is -2.08. The molecule has 0 spiro atoms. The van der Waals surface area contributed by atoms with Gasteiger partial charge in [-0.3, -0.25) is 4.79 Å². The highest BCUT2D eigenvalue weighted by molar-refractivity contribution is 5.99. The Morgan fingerprint density at radius 1 is 1.19 bits per heavy atom. The highest BCUT2D eigenvalue weighted by atomic mass is 16.3. The summed E-state index contributed by atoms with van der Waals surface area (Å²) in [5.41, 5.74) is 1.01. The van der Waals surface area contributed by atoms with E-state index in [0.717, 1.165) is 12.8 Å². The summed E-state index contributed by atoms with van der Waals surface area (Å²) in [7, 11) is 0. The lowest BCUT2D eigenvalue weighted by atomic mass is 10.0. The van der Waals surface area contributed by atoms with Gasteiger partial charge in [-0.15, -0.1) is 0 Å². The Labute approximate surface area is 95.7 Å². The van der Waals surface area contributed by atoms with Crippen molar-refractivity contribution in [1.29, 1.82) is 0 Å². The average Bonchev–Trinajstić information content (AvgIpc) is 2.26. The number of rotatable bonds is 5. The van der Waals surface area contributed by atoms with Crippen molar-refractivity contribution in [2.24, 2.45) is 0 Å². The van der Waals surface area contributed by atoms with Gasteiger partial charge in [0.05, 0.1) is 5.56 Å². The molecule has 0 aliphatic rings. The van der Waals surface area contributed by atoms with Crippen molar-refractivity contribution >= 4 is 5.78 Å². The predicted octanol–water partition coefficient (Wildman–Crippen LogP) is 3.03. The van der Waals surface area contributed by atoms with Gasteiger partial charge < -0.3 is 10.2 Å². The first kappa shape index (κ1) is 12.6. The second-order valence-electron chi connectivity index (χ2n) is 3.88. The maximum absolute atomic E-state index is 11.8. The molecular formula is C13H18O3. The van der Waals surface area contributed by atoms with Crippen LogP contribution in [0.3, 0.4) is 0 Å². The molecule has 1 rings (SSSR count).